The van der Waals surface area contributed by atoms with Crippen molar-refractivity contribution in [2.45, 2.75) is 126 Å². The molecular weight excluding hydrogens is 452 g/mol. The molecule has 37 heavy (non-hydrogen) atoms. The summed E-state index contributed by atoms with van der Waals surface area (Å²) in [4.78, 5) is 0. The minimum absolute atomic E-state index is 0.250. The van der Waals surface area contributed by atoms with Crippen LogP contribution in [-0.2, 0) is 9.47 Å². The molecule has 0 unspecified atom stereocenters. The lowest BCUT2D eigenvalue weighted by Crippen LogP contribution is -2.18. The van der Waals surface area contributed by atoms with Crippen molar-refractivity contribution < 1.29 is 9.47 Å². The van der Waals surface area contributed by atoms with Gasteiger partial charge in [0.2, 0.25) is 0 Å². The highest BCUT2D eigenvalue weighted by atomic mass is 16.7. The monoisotopic (exact) mass is 510 g/mol. The second kappa shape index (κ2) is 22.1. The standard InChI is InChI=1S/C35H58O2/c1-28(2)15-11-17-31(7)19-13-21-33(9)23-25-36-35(27-30(5)6)37-26-24-34(10)22-14-20-32(8)18-12-16-29(3)4/h15-16,19-20,23-24,35H,5,11-14,17-18,21-22,25-27H2,1-4,6-10H3/b31-19+,32-20+,33-23+,34-24+. The van der Waals surface area contributed by atoms with Gasteiger partial charge in [-0.05, 0) is 114 Å². The highest BCUT2D eigenvalue weighted by Crippen LogP contribution is 2.14. The van der Waals surface area contributed by atoms with Crippen LogP contribution in [0.4, 0.5) is 0 Å². The minimum atomic E-state index is -0.250. The molecule has 0 aromatic carbocycles. The average molecular weight is 511 g/mol. The third-order valence-corrected chi connectivity index (χ3v) is 6.19. The molecule has 0 rings (SSSR count). The molecule has 0 radical (unpaired) electrons. The van der Waals surface area contributed by atoms with Gasteiger partial charge in [-0.2, -0.15) is 0 Å². The molecule has 2 nitrogen and oxygen atoms in total. The second-order valence-electron chi connectivity index (χ2n) is 11.2. The second-order valence-corrected chi connectivity index (χ2v) is 11.2. The van der Waals surface area contributed by atoms with Gasteiger partial charge in [0, 0.05) is 6.42 Å². The maximum absolute atomic E-state index is 6.05. The van der Waals surface area contributed by atoms with Crippen molar-refractivity contribution in [1.29, 1.82) is 0 Å². The van der Waals surface area contributed by atoms with Gasteiger partial charge < -0.3 is 9.47 Å². The summed E-state index contributed by atoms with van der Waals surface area (Å²) in [5, 5.41) is 0. The molecule has 0 N–H and O–H groups in total. The van der Waals surface area contributed by atoms with Gasteiger partial charge in [-0.15, -0.1) is 0 Å². The van der Waals surface area contributed by atoms with Crippen molar-refractivity contribution in [1.82, 2.24) is 0 Å². The van der Waals surface area contributed by atoms with Crippen molar-refractivity contribution >= 4 is 0 Å². The molecular formula is C35H58O2. The van der Waals surface area contributed by atoms with Crippen LogP contribution in [0.2, 0.25) is 0 Å². The Morgan fingerprint density at radius 2 is 0.838 bits per heavy atom. The van der Waals surface area contributed by atoms with E-state index in [2.05, 4.69) is 98.4 Å². The van der Waals surface area contributed by atoms with Crippen LogP contribution in [0.25, 0.3) is 0 Å². The van der Waals surface area contributed by atoms with Crippen LogP contribution in [0.3, 0.4) is 0 Å². The highest BCUT2D eigenvalue weighted by molar-refractivity contribution is 5.07. The summed E-state index contributed by atoms with van der Waals surface area (Å²) in [6, 6.07) is 0. The number of hydrogen-bond acceptors (Lipinski definition) is 2. The van der Waals surface area contributed by atoms with E-state index in [1.54, 1.807) is 0 Å². The first-order chi connectivity index (χ1) is 17.5. The molecule has 0 aromatic heterocycles. The van der Waals surface area contributed by atoms with E-state index >= 15 is 0 Å². The first-order valence-electron chi connectivity index (χ1n) is 14.3. The van der Waals surface area contributed by atoms with E-state index < -0.39 is 0 Å². The van der Waals surface area contributed by atoms with Gasteiger partial charge in [0.15, 0.2) is 6.29 Å². The summed E-state index contributed by atoms with van der Waals surface area (Å²) in [5.74, 6) is 0. The predicted molar refractivity (Wildman–Crippen MR) is 166 cm³/mol. The van der Waals surface area contributed by atoms with Crippen LogP contribution in [0.15, 0.2) is 82.0 Å². The third kappa shape index (κ3) is 24.2. The Bertz CT molecular complexity index is 759. The third-order valence-electron chi connectivity index (χ3n) is 6.19. The number of allylic oxidation sites excluding steroid dienone is 10. The first-order valence-corrected chi connectivity index (χ1v) is 14.3. The Morgan fingerprint density at radius 1 is 0.514 bits per heavy atom. The van der Waals surface area contributed by atoms with Gasteiger partial charge in [-0.3, -0.25) is 0 Å². The van der Waals surface area contributed by atoms with E-state index in [0.29, 0.717) is 13.2 Å². The Morgan fingerprint density at radius 3 is 1.16 bits per heavy atom. The number of rotatable bonds is 20. The molecule has 0 saturated heterocycles. The largest absolute Gasteiger partial charge is 0.348 e. The van der Waals surface area contributed by atoms with Crippen molar-refractivity contribution in [2.24, 2.45) is 0 Å². The van der Waals surface area contributed by atoms with Crippen LogP contribution < -0.4 is 0 Å². The molecule has 0 aromatic rings. The van der Waals surface area contributed by atoms with Crippen LogP contribution in [-0.4, -0.2) is 19.5 Å². The quantitative estimate of drug-likeness (QED) is 0.120. The normalized spacial score (nSPS) is 13.2. The van der Waals surface area contributed by atoms with Crippen LogP contribution in [0, 0.1) is 0 Å². The molecule has 0 aliphatic carbocycles. The average Bonchev–Trinajstić information content (AvgIpc) is 2.78. The smallest absolute Gasteiger partial charge is 0.162 e. The molecule has 0 aliphatic rings. The molecule has 0 saturated carbocycles. The van der Waals surface area contributed by atoms with Crippen molar-refractivity contribution in [3.05, 3.63) is 82.0 Å². The van der Waals surface area contributed by atoms with E-state index in [-0.39, 0.29) is 6.29 Å². The van der Waals surface area contributed by atoms with E-state index in [9.17, 15) is 0 Å². The predicted octanol–water partition coefficient (Wildman–Crippen LogP) is 11.2. The molecule has 2 heteroatoms. The minimum Gasteiger partial charge on any atom is -0.348 e. The van der Waals surface area contributed by atoms with Gasteiger partial charge >= 0.3 is 0 Å². The summed E-state index contributed by atoms with van der Waals surface area (Å²) in [7, 11) is 0. The van der Waals surface area contributed by atoms with Crippen LogP contribution in [0.5, 0.6) is 0 Å². The topological polar surface area (TPSA) is 18.5 Å². The summed E-state index contributed by atoms with van der Waals surface area (Å²) in [6.07, 6.45) is 23.1. The molecule has 0 spiro atoms. The zero-order valence-electron chi connectivity index (χ0n) is 25.8. The fourth-order valence-corrected chi connectivity index (χ4v) is 3.72. The molecule has 0 amide bonds. The summed E-state index contributed by atoms with van der Waals surface area (Å²) >= 11 is 0. The van der Waals surface area contributed by atoms with Gasteiger partial charge in [0.1, 0.15) is 0 Å². The molecule has 0 heterocycles. The Balaban J connectivity index is 4.45. The van der Waals surface area contributed by atoms with Crippen molar-refractivity contribution in [3.63, 3.8) is 0 Å². The summed E-state index contributed by atoms with van der Waals surface area (Å²) in [6.45, 7) is 24.7. The highest BCUT2D eigenvalue weighted by Gasteiger charge is 2.08. The molecule has 0 bridgehead atoms. The molecule has 0 atom stereocenters. The lowest BCUT2D eigenvalue weighted by molar-refractivity contribution is -0.125. The van der Waals surface area contributed by atoms with Gasteiger partial charge in [0.05, 0.1) is 13.2 Å². The van der Waals surface area contributed by atoms with E-state index in [1.807, 2.05) is 6.92 Å². The molecule has 210 valence electrons. The zero-order chi connectivity index (χ0) is 28.1. The maximum atomic E-state index is 6.05. The molecule has 0 aliphatic heterocycles. The van der Waals surface area contributed by atoms with Crippen molar-refractivity contribution in [3.8, 4) is 0 Å². The first kappa shape index (κ1) is 35.1. The van der Waals surface area contributed by atoms with Gasteiger partial charge in [-0.1, -0.05) is 82.0 Å². The number of hydrogen-bond donors (Lipinski definition) is 0. The van der Waals surface area contributed by atoms with E-state index in [4.69, 9.17) is 9.47 Å². The SMILES string of the molecule is C=C(C)CC(OC/C=C(\C)CC/C=C(\C)CCC=C(C)C)OC/C=C(\C)CC/C=C(\C)CCC=C(C)C. The Labute approximate surface area is 231 Å². The lowest BCUT2D eigenvalue weighted by Gasteiger charge is -2.17. The van der Waals surface area contributed by atoms with Crippen LogP contribution in [0.1, 0.15) is 120 Å². The lowest BCUT2D eigenvalue weighted by atomic mass is 10.1. The van der Waals surface area contributed by atoms with Crippen molar-refractivity contribution in [2.75, 3.05) is 13.2 Å². The van der Waals surface area contributed by atoms with Gasteiger partial charge in [-0.25, -0.2) is 0 Å². The molecule has 0 fully saturated rings. The number of ether oxygens (including phenoxy) is 2. The van der Waals surface area contributed by atoms with E-state index in [1.165, 1.54) is 33.4 Å². The fourth-order valence-electron chi connectivity index (χ4n) is 3.72. The van der Waals surface area contributed by atoms with E-state index in [0.717, 1.165) is 63.4 Å². The maximum Gasteiger partial charge on any atom is 0.162 e. The Hall–Kier alpha value is -1.90. The summed E-state index contributed by atoms with van der Waals surface area (Å²) in [5.41, 5.74) is 9.56. The zero-order valence-corrected chi connectivity index (χ0v) is 25.8. The Kier molecular flexibility index (Phi) is 21.0. The van der Waals surface area contributed by atoms with Gasteiger partial charge in [0.25, 0.3) is 0 Å². The fraction of sp³-hybridized carbons (Fsp3) is 0.600. The summed E-state index contributed by atoms with van der Waals surface area (Å²) < 4.78 is 12.1. The van der Waals surface area contributed by atoms with Crippen LogP contribution >= 0.6 is 0 Å².